The van der Waals surface area contributed by atoms with Gasteiger partial charge in [0.2, 0.25) is 0 Å². The Morgan fingerprint density at radius 3 is 2.60 bits per heavy atom. The fraction of sp³-hybridized carbons (Fsp3) is 0.321. The van der Waals surface area contributed by atoms with E-state index in [9.17, 15) is 9.50 Å². The van der Waals surface area contributed by atoms with E-state index in [-0.39, 0.29) is 18.5 Å². The van der Waals surface area contributed by atoms with Crippen LogP contribution in [0.5, 0.6) is 5.75 Å². The van der Waals surface area contributed by atoms with E-state index >= 15 is 0 Å². The van der Waals surface area contributed by atoms with Gasteiger partial charge in [-0.15, -0.1) is 0 Å². The van der Waals surface area contributed by atoms with Crippen molar-refractivity contribution in [1.82, 2.24) is 4.90 Å². The van der Waals surface area contributed by atoms with Crippen molar-refractivity contribution in [3.8, 4) is 5.75 Å². The zero-order valence-corrected chi connectivity index (χ0v) is 19.8. The molecule has 0 bridgehead atoms. The van der Waals surface area contributed by atoms with Crippen LogP contribution in [0.25, 0.3) is 0 Å². The minimum atomic E-state index is -0.664. The number of ether oxygens (including phenoxy) is 2. The molecule has 7 heteroatoms. The van der Waals surface area contributed by atoms with E-state index in [0.29, 0.717) is 32.7 Å². The van der Waals surface area contributed by atoms with E-state index in [2.05, 4.69) is 10.1 Å². The van der Waals surface area contributed by atoms with E-state index in [1.54, 1.807) is 19.2 Å². The van der Waals surface area contributed by atoms with Gasteiger partial charge in [-0.05, 0) is 41.0 Å². The number of methoxy groups -OCH3 is 1. The Kier molecular flexibility index (Phi) is 8.84. The highest BCUT2D eigenvalue weighted by molar-refractivity contribution is 6.01. The quantitative estimate of drug-likeness (QED) is 0.418. The van der Waals surface area contributed by atoms with Gasteiger partial charge < -0.3 is 19.4 Å². The smallest absolute Gasteiger partial charge is 0.145 e. The van der Waals surface area contributed by atoms with E-state index in [1.165, 1.54) is 12.1 Å². The maximum Gasteiger partial charge on any atom is 0.145 e. The number of rotatable bonds is 12. The largest absolute Gasteiger partial charge is 0.497 e. The zero-order valence-electron chi connectivity index (χ0n) is 19.8. The summed E-state index contributed by atoms with van der Waals surface area (Å²) < 4.78 is 24.4. The maximum absolute atomic E-state index is 13.3. The van der Waals surface area contributed by atoms with Gasteiger partial charge in [-0.2, -0.15) is 0 Å². The highest BCUT2D eigenvalue weighted by atomic mass is 19.1. The Bertz CT molecular complexity index is 1090. The second kappa shape index (κ2) is 12.4. The second-order valence-corrected chi connectivity index (χ2v) is 8.68. The van der Waals surface area contributed by atoms with Gasteiger partial charge in [0, 0.05) is 26.1 Å². The fourth-order valence-electron chi connectivity index (χ4n) is 4.10. The first-order chi connectivity index (χ1) is 17.1. The van der Waals surface area contributed by atoms with E-state index in [4.69, 9.17) is 14.3 Å². The Labute approximate surface area is 205 Å². The summed E-state index contributed by atoms with van der Waals surface area (Å²) in [6, 6.07) is 24.0. The van der Waals surface area contributed by atoms with Gasteiger partial charge in [0.15, 0.2) is 0 Å². The van der Waals surface area contributed by atoms with Gasteiger partial charge in [-0.1, -0.05) is 59.8 Å². The monoisotopic (exact) mass is 478 g/mol. The summed E-state index contributed by atoms with van der Waals surface area (Å²) >= 11 is 0. The molecule has 3 aromatic rings. The fourth-order valence-corrected chi connectivity index (χ4v) is 4.10. The maximum atomic E-state index is 13.3. The molecule has 0 aromatic heterocycles. The molecule has 1 N–H and O–H groups in total. The first-order valence-electron chi connectivity index (χ1n) is 11.7. The predicted octanol–water partition coefficient (Wildman–Crippen LogP) is 4.41. The summed E-state index contributed by atoms with van der Waals surface area (Å²) in [6.07, 6.45) is -0.220. The van der Waals surface area contributed by atoms with Gasteiger partial charge in [-0.3, -0.25) is 4.90 Å². The van der Waals surface area contributed by atoms with Crippen LogP contribution in [-0.2, 0) is 22.7 Å². The molecule has 0 radical (unpaired) electrons. The molecule has 0 spiro atoms. The van der Waals surface area contributed by atoms with E-state index in [1.807, 2.05) is 54.6 Å². The number of hydrogen-bond acceptors (Lipinski definition) is 6. The molecule has 0 fully saturated rings. The molecule has 4 rings (SSSR count). The highest BCUT2D eigenvalue weighted by Gasteiger charge is 2.26. The van der Waals surface area contributed by atoms with Crippen LogP contribution in [-0.4, -0.2) is 54.7 Å². The van der Waals surface area contributed by atoms with Gasteiger partial charge in [0.05, 0.1) is 32.1 Å². The Hall–Kier alpha value is -3.26. The Morgan fingerprint density at radius 2 is 1.83 bits per heavy atom. The molecule has 1 heterocycles. The van der Waals surface area contributed by atoms with Crippen LogP contribution in [0, 0.1) is 5.82 Å². The highest BCUT2D eigenvalue weighted by Crippen LogP contribution is 2.20. The number of halogens is 1. The molecule has 35 heavy (non-hydrogen) atoms. The Morgan fingerprint density at radius 1 is 1.06 bits per heavy atom. The van der Waals surface area contributed by atoms with E-state index in [0.717, 1.165) is 28.2 Å². The van der Waals surface area contributed by atoms with E-state index < -0.39 is 6.10 Å². The van der Waals surface area contributed by atoms with Crippen LogP contribution in [0.15, 0.2) is 84.0 Å². The Balaban J connectivity index is 1.35. The number of aliphatic hydroxyl groups excluding tert-OH is 1. The van der Waals surface area contributed by atoms with Crippen LogP contribution >= 0.6 is 0 Å². The van der Waals surface area contributed by atoms with Gasteiger partial charge in [-0.25, -0.2) is 4.39 Å². The normalized spacial score (nSPS) is 16.1. The van der Waals surface area contributed by atoms with Crippen molar-refractivity contribution in [3.63, 3.8) is 0 Å². The average Bonchev–Trinajstić information content (AvgIpc) is 3.33. The van der Waals surface area contributed by atoms with Crippen molar-refractivity contribution in [2.75, 3.05) is 26.8 Å². The van der Waals surface area contributed by atoms with Crippen molar-refractivity contribution in [2.45, 2.75) is 31.8 Å². The second-order valence-electron chi connectivity index (χ2n) is 8.68. The lowest BCUT2D eigenvalue weighted by atomic mass is 10.0. The van der Waals surface area contributed by atoms with Crippen molar-refractivity contribution in [1.29, 1.82) is 0 Å². The summed E-state index contributed by atoms with van der Waals surface area (Å²) in [5, 5.41) is 14.9. The van der Waals surface area contributed by atoms with Crippen molar-refractivity contribution in [2.24, 2.45) is 5.16 Å². The zero-order chi connectivity index (χ0) is 24.5. The van der Waals surface area contributed by atoms with Gasteiger partial charge >= 0.3 is 0 Å². The molecule has 2 atom stereocenters. The molecule has 1 aliphatic heterocycles. The minimum absolute atomic E-state index is 0.168. The molecular weight excluding hydrogens is 447 g/mol. The molecule has 0 saturated heterocycles. The molecule has 3 aromatic carbocycles. The summed E-state index contributed by atoms with van der Waals surface area (Å²) in [4.78, 5) is 7.84. The number of nitrogens with zero attached hydrogens (tertiary/aromatic N) is 2. The summed E-state index contributed by atoms with van der Waals surface area (Å²) in [5.74, 6) is 0.506. The molecule has 1 aliphatic rings. The molecule has 0 aliphatic carbocycles. The molecule has 2 unspecified atom stereocenters. The molecule has 0 amide bonds. The molecule has 6 nitrogen and oxygen atoms in total. The third-order valence-electron chi connectivity index (χ3n) is 5.80. The predicted molar refractivity (Wildman–Crippen MR) is 133 cm³/mol. The van der Waals surface area contributed by atoms with Crippen LogP contribution in [0.2, 0.25) is 0 Å². The lowest BCUT2D eigenvalue weighted by molar-refractivity contribution is -0.00649. The van der Waals surface area contributed by atoms with Crippen LogP contribution in [0.4, 0.5) is 4.39 Å². The van der Waals surface area contributed by atoms with Gasteiger partial charge in [0.1, 0.15) is 17.7 Å². The number of hydrogen-bond donors (Lipinski definition) is 1. The SMILES string of the molecule is COc1cccc(CN(CC(O)COCc2ccccc2)CC2CC(c3ccc(F)cc3)=NO2)c1. The van der Waals surface area contributed by atoms with Crippen molar-refractivity contribution in [3.05, 3.63) is 101 Å². The summed E-state index contributed by atoms with van der Waals surface area (Å²) in [7, 11) is 1.64. The average molecular weight is 479 g/mol. The van der Waals surface area contributed by atoms with Crippen molar-refractivity contribution >= 4 is 5.71 Å². The molecular formula is C28H31FN2O4. The topological polar surface area (TPSA) is 63.5 Å². The summed E-state index contributed by atoms with van der Waals surface area (Å²) in [5.41, 5.74) is 3.78. The first-order valence-corrected chi connectivity index (χ1v) is 11.7. The van der Waals surface area contributed by atoms with Crippen LogP contribution < -0.4 is 4.74 Å². The standard InChI is InChI=1S/C28H31FN2O4/c1-33-26-9-5-8-22(14-26)16-31(17-25(32)20-34-19-21-6-3-2-4-7-21)18-27-15-28(30-35-27)23-10-12-24(29)13-11-23/h2-14,25,27,32H,15-20H2,1H3. The molecule has 0 saturated carbocycles. The lowest BCUT2D eigenvalue weighted by Crippen LogP contribution is -2.39. The minimum Gasteiger partial charge on any atom is -0.497 e. The van der Waals surface area contributed by atoms with Gasteiger partial charge in [0.25, 0.3) is 0 Å². The lowest BCUT2D eigenvalue weighted by Gasteiger charge is -2.27. The molecule has 184 valence electrons. The number of aliphatic hydroxyl groups is 1. The van der Waals surface area contributed by atoms with Crippen LogP contribution in [0.1, 0.15) is 23.1 Å². The number of benzene rings is 3. The third-order valence-corrected chi connectivity index (χ3v) is 5.80. The number of oxime groups is 1. The first kappa shape index (κ1) is 24.9. The third kappa shape index (κ3) is 7.62. The van der Waals surface area contributed by atoms with Crippen molar-refractivity contribution < 1.29 is 23.8 Å². The summed E-state index contributed by atoms with van der Waals surface area (Å²) in [6.45, 7) is 2.28. The van der Waals surface area contributed by atoms with Crippen LogP contribution in [0.3, 0.4) is 0 Å².